The molecule has 2 aromatic carbocycles. The zero-order chi connectivity index (χ0) is 19.2. The lowest BCUT2D eigenvalue weighted by molar-refractivity contribution is -0.133. The highest BCUT2D eigenvalue weighted by molar-refractivity contribution is 5.83. The molecule has 1 heterocycles. The quantitative estimate of drug-likeness (QED) is 0.773. The molecule has 0 saturated heterocycles. The van der Waals surface area contributed by atoms with E-state index in [0.717, 1.165) is 36.5 Å². The molecule has 3 rings (SSSR count). The van der Waals surface area contributed by atoms with Crippen LogP contribution in [0.2, 0.25) is 0 Å². The molecule has 0 bridgehead atoms. The van der Waals surface area contributed by atoms with Crippen molar-refractivity contribution in [3.63, 3.8) is 0 Å². The van der Waals surface area contributed by atoms with Crippen LogP contribution in [0.4, 0.5) is 0 Å². The zero-order valence-electron chi connectivity index (χ0n) is 16.6. The van der Waals surface area contributed by atoms with Crippen LogP contribution >= 0.6 is 0 Å². The Morgan fingerprint density at radius 2 is 1.89 bits per heavy atom. The second-order valence-corrected chi connectivity index (χ2v) is 7.14. The lowest BCUT2D eigenvalue weighted by atomic mass is 9.99. The highest BCUT2D eigenvalue weighted by atomic mass is 16.5. The van der Waals surface area contributed by atoms with Gasteiger partial charge in [0.15, 0.2) is 0 Å². The van der Waals surface area contributed by atoms with Gasteiger partial charge in [-0.25, -0.2) is 0 Å². The molecule has 1 unspecified atom stereocenters. The number of carbonyl (C=O) groups excluding carboxylic acids is 1. The second kappa shape index (κ2) is 9.05. The third-order valence-electron chi connectivity index (χ3n) is 5.39. The molecule has 0 N–H and O–H groups in total. The summed E-state index contributed by atoms with van der Waals surface area (Å²) in [5.41, 5.74) is 3.43. The number of carbonyl (C=O) groups is 1. The number of hydrogen-bond donors (Lipinski definition) is 0. The van der Waals surface area contributed by atoms with E-state index >= 15 is 0 Å². The normalized spacial score (nSPS) is 15.0. The van der Waals surface area contributed by atoms with Crippen LogP contribution in [0.25, 0.3) is 0 Å². The van der Waals surface area contributed by atoms with Crippen LogP contribution in [0.15, 0.2) is 48.5 Å². The summed E-state index contributed by atoms with van der Waals surface area (Å²) in [7, 11) is 0. The Hall–Kier alpha value is -2.33. The van der Waals surface area contributed by atoms with Crippen LogP contribution in [0.3, 0.4) is 0 Å². The summed E-state index contributed by atoms with van der Waals surface area (Å²) in [6.45, 7) is 11.1. The van der Waals surface area contributed by atoms with Gasteiger partial charge in [-0.15, -0.1) is 0 Å². The molecule has 4 heteroatoms. The fourth-order valence-corrected chi connectivity index (χ4v) is 3.60. The number of hydrogen-bond acceptors (Lipinski definition) is 3. The van der Waals surface area contributed by atoms with E-state index in [0.29, 0.717) is 19.7 Å². The van der Waals surface area contributed by atoms with Gasteiger partial charge in [0.2, 0.25) is 5.91 Å². The summed E-state index contributed by atoms with van der Waals surface area (Å²) in [5, 5.41) is 0. The molecule has 144 valence electrons. The van der Waals surface area contributed by atoms with Gasteiger partial charge in [-0.2, -0.15) is 0 Å². The van der Waals surface area contributed by atoms with Crippen molar-refractivity contribution in [2.45, 2.75) is 39.8 Å². The molecule has 0 spiro atoms. The zero-order valence-corrected chi connectivity index (χ0v) is 16.6. The fraction of sp³-hybridized carbons (Fsp3) is 0.435. The van der Waals surface area contributed by atoms with E-state index in [1.165, 1.54) is 5.56 Å². The van der Waals surface area contributed by atoms with Crippen molar-refractivity contribution in [3.8, 4) is 5.75 Å². The van der Waals surface area contributed by atoms with Gasteiger partial charge in [0.25, 0.3) is 0 Å². The molecular formula is C23H30N2O2. The third-order valence-corrected chi connectivity index (χ3v) is 5.39. The van der Waals surface area contributed by atoms with Crippen molar-refractivity contribution in [2.75, 3.05) is 26.2 Å². The van der Waals surface area contributed by atoms with Gasteiger partial charge < -0.3 is 9.64 Å². The first-order valence-corrected chi connectivity index (χ1v) is 9.93. The van der Waals surface area contributed by atoms with Gasteiger partial charge in [0.1, 0.15) is 12.4 Å². The first-order valence-electron chi connectivity index (χ1n) is 9.93. The molecule has 4 nitrogen and oxygen atoms in total. The number of nitrogens with zero attached hydrogens (tertiary/aromatic N) is 2. The minimum atomic E-state index is -0.147. The van der Waals surface area contributed by atoms with E-state index in [9.17, 15) is 4.79 Å². The summed E-state index contributed by atoms with van der Waals surface area (Å²) < 4.78 is 5.92. The van der Waals surface area contributed by atoms with Gasteiger partial charge in [0, 0.05) is 18.7 Å². The molecule has 2 aromatic rings. The van der Waals surface area contributed by atoms with E-state index in [4.69, 9.17) is 4.74 Å². The van der Waals surface area contributed by atoms with Crippen LogP contribution < -0.4 is 4.74 Å². The molecule has 0 radical (unpaired) electrons. The lowest BCUT2D eigenvalue weighted by Crippen LogP contribution is -2.35. The van der Waals surface area contributed by atoms with Gasteiger partial charge in [0.05, 0.1) is 12.5 Å². The minimum Gasteiger partial charge on any atom is -0.491 e. The number of rotatable bonds is 6. The first kappa shape index (κ1) is 19.4. The number of benzene rings is 2. The molecule has 1 aliphatic rings. The molecular weight excluding hydrogens is 336 g/mol. The van der Waals surface area contributed by atoms with Gasteiger partial charge in [-0.05, 0) is 43.3 Å². The summed E-state index contributed by atoms with van der Waals surface area (Å²) >= 11 is 0. The maximum Gasteiger partial charge on any atom is 0.230 e. The van der Waals surface area contributed by atoms with Crippen molar-refractivity contribution >= 4 is 5.91 Å². The molecule has 27 heavy (non-hydrogen) atoms. The molecule has 1 aliphatic heterocycles. The number of amides is 1. The Bertz CT molecular complexity index is 756. The molecule has 0 aromatic heterocycles. The predicted octanol–water partition coefficient (Wildman–Crippen LogP) is 4.05. The molecule has 0 saturated carbocycles. The van der Waals surface area contributed by atoms with Crippen molar-refractivity contribution in [1.82, 2.24) is 9.80 Å². The highest BCUT2D eigenvalue weighted by Crippen LogP contribution is 2.27. The summed E-state index contributed by atoms with van der Waals surface area (Å²) in [6, 6.07) is 16.4. The van der Waals surface area contributed by atoms with Gasteiger partial charge in [-0.3, -0.25) is 9.69 Å². The van der Waals surface area contributed by atoms with Crippen LogP contribution in [0, 0.1) is 0 Å². The predicted molar refractivity (Wildman–Crippen MR) is 109 cm³/mol. The monoisotopic (exact) mass is 366 g/mol. The van der Waals surface area contributed by atoms with Crippen LogP contribution in [0.5, 0.6) is 5.75 Å². The third kappa shape index (κ3) is 4.69. The van der Waals surface area contributed by atoms with Gasteiger partial charge in [-0.1, -0.05) is 50.2 Å². The first-order chi connectivity index (χ1) is 13.1. The molecule has 0 fully saturated rings. The topological polar surface area (TPSA) is 32.8 Å². The summed E-state index contributed by atoms with van der Waals surface area (Å²) in [4.78, 5) is 17.4. The highest BCUT2D eigenvalue weighted by Gasteiger charge is 2.25. The average Bonchev–Trinajstić information content (AvgIpc) is 2.93. The number of ether oxygens (including phenoxy) is 1. The maximum atomic E-state index is 13.1. The molecule has 0 aliphatic carbocycles. The van der Waals surface area contributed by atoms with E-state index in [2.05, 4.69) is 36.9 Å². The average molecular weight is 367 g/mol. The Labute approximate surface area is 162 Å². The smallest absolute Gasteiger partial charge is 0.230 e. The van der Waals surface area contributed by atoms with E-state index in [-0.39, 0.29) is 11.8 Å². The second-order valence-electron chi connectivity index (χ2n) is 7.14. The van der Waals surface area contributed by atoms with Crippen molar-refractivity contribution in [2.24, 2.45) is 0 Å². The Balaban J connectivity index is 1.77. The van der Waals surface area contributed by atoms with Crippen molar-refractivity contribution in [3.05, 3.63) is 65.2 Å². The van der Waals surface area contributed by atoms with Crippen molar-refractivity contribution in [1.29, 1.82) is 0 Å². The van der Waals surface area contributed by atoms with E-state index < -0.39 is 0 Å². The SMILES string of the molecule is CCN(CC)Cc1ccc2c(c1)CN(C(=O)C(C)c1ccccc1)CCO2. The summed E-state index contributed by atoms with van der Waals surface area (Å²) in [6.07, 6.45) is 0. The van der Waals surface area contributed by atoms with Gasteiger partial charge >= 0.3 is 0 Å². The van der Waals surface area contributed by atoms with E-state index in [1.807, 2.05) is 42.2 Å². The molecule has 1 atom stereocenters. The Kier molecular flexibility index (Phi) is 6.51. The Morgan fingerprint density at radius 1 is 1.15 bits per heavy atom. The Morgan fingerprint density at radius 3 is 2.59 bits per heavy atom. The van der Waals surface area contributed by atoms with Crippen LogP contribution in [-0.4, -0.2) is 41.9 Å². The maximum absolute atomic E-state index is 13.1. The lowest BCUT2D eigenvalue weighted by Gasteiger charge is -2.24. The van der Waals surface area contributed by atoms with E-state index in [1.54, 1.807) is 0 Å². The van der Waals surface area contributed by atoms with Crippen LogP contribution in [0.1, 0.15) is 43.4 Å². The summed E-state index contributed by atoms with van der Waals surface area (Å²) in [5.74, 6) is 0.916. The minimum absolute atomic E-state index is 0.147. The van der Waals surface area contributed by atoms with Crippen molar-refractivity contribution < 1.29 is 9.53 Å². The number of fused-ring (bicyclic) bond motifs is 1. The molecule has 1 amide bonds. The van der Waals surface area contributed by atoms with Crippen LogP contribution in [-0.2, 0) is 17.9 Å². The largest absolute Gasteiger partial charge is 0.491 e. The standard InChI is InChI=1S/C23H30N2O2/c1-4-24(5-2)16-19-11-12-22-21(15-19)17-25(13-14-27-22)23(26)18(3)20-9-7-6-8-10-20/h6-12,15,18H,4-5,13-14,16-17H2,1-3H3. The fourth-order valence-electron chi connectivity index (χ4n) is 3.60.